The van der Waals surface area contributed by atoms with Crippen molar-refractivity contribution in [2.75, 3.05) is 17.7 Å². The Morgan fingerprint density at radius 2 is 2.08 bits per heavy atom. The van der Waals surface area contributed by atoms with Crippen molar-refractivity contribution >= 4 is 17.5 Å². The lowest BCUT2D eigenvalue weighted by molar-refractivity contribution is -0.118. The summed E-state index contributed by atoms with van der Waals surface area (Å²) >= 11 is 0. The minimum Gasteiger partial charge on any atom is -0.482 e. The third kappa shape index (κ3) is 2.45. The van der Waals surface area contributed by atoms with E-state index >= 15 is 0 Å². The highest BCUT2D eigenvalue weighted by molar-refractivity contribution is 5.96. The number of fused-ring (bicyclic) bond motifs is 1. The number of nitrogens with one attached hydrogen (secondary N) is 2. The van der Waals surface area contributed by atoms with Gasteiger partial charge >= 0.3 is 0 Å². The molecule has 0 fully saturated rings. The average Bonchev–Trinajstić information content (AvgIpc) is 2.96. The number of aromatic amines is 1. The van der Waals surface area contributed by atoms with Crippen LogP contribution in [0.25, 0.3) is 22.5 Å². The molecule has 1 amide bonds. The van der Waals surface area contributed by atoms with Gasteiger partial charge in [0.15, 0.2) is 12.6 Å². The summed E-state index contributed by atoms with van der Waals surface area (Å²) in [5.41, 5.74) is 10.7. The number of anilines is 2. The van der Waals surface area contributed by atoms with Crippen LogP contribution in [-0.4, -0.2) is 27.5 Å². The molecule has 0 bridgehead atoms. The number of carbonyl (C=O) groups is 1. The summed E-state index contributed by atoms with van der Waals surface area (Å²) in [6.07, 6.45) is 1.74. The maximum absolute atomic E-state index is 11.5. The number of hydrogen-bond donors (Lipinski definition) is 3. The molecule has 0 unspecified atom stereocenters. The lowest BCUT2D eigenvalue weighted by Crippen LogP contribution is -2.25. The Morgan fingerprint density at radius 1 is 1.21 bits per heavy atom. The maximum atomic E-state index is 11.5. The van der Waals surface area contributed by atoms with Gasteiger partial charge in [0.05, 0.1) is 17.1 Å². The predicted octanol–water partition coefficient (Wildman–Crippen LogP) is 2.36. The maximum Gasteiger partial charge on any atom is 0.262 e. The third-order valence-corrected chi connectivity index (χ3v) is 3.79. The molecule has 24 heavy (non-hydrogen) atoms. The summed E-state index contributed by atoms with van der Waals surface area (Å²) in [6.45, 7) is 1.96. The molecular formula is C17H15N5O2. The number of nitrogen functional groups attached to an aromatic ring is 1. The molecule has 0 saturated heterocycles. The first kappa shape index (κ1) is 14.3. The number of nitrogens with zero attached hydrogens (tertiary/aromatic N) is 2. The van der Waals surface area contributed by atoms with Gasteiger partial charge in [-0.3, -0.25) is 9.78 Å². The van der Waals surface area contributed by atoms with Crippen molar-refractivity contribution in [2.24, 2.45) is 0 Å². The van der Waals surface area contributed by atoms with E-state index in [9.17, 15) is 4.79 Å². The van der Waals surface area contributed by atoms with Crippen LogP contribution in [0.1, 0.15) is 5.69 Å². The quantitative estimate of drug-likeness (QED) is 0.672. The monoisotopic (exact) mass is 321 g/mol. The van der Waals surface area contributed by atoms with E-state index < -0.39 is 0 Å². The second-order valence-corrected chi connectivity index (χ2v) is 5.58. The van der Waals surface area contributed by atoms with E-state index in [-0.39, 0.29) is 12.5 Å². The normalized spacial score (nSPS) is 13.1. The fraction of sp³-hybridized carbons (Fsp3) is 0.118. The number of H-pyrrole nitrogens is 1. The molecule has 4 rings (SSSR count). The zero-order valence-corrected chi connectivity index (χ0v) is 13.0. The number of amides is 1. The van der Waals surface area contributed by atoms with Gasteiger partial charge < -0.3 is 20.8 Å². The molecule has 0 radical (unpaired) electrons. The van der Waals surface area contributed by atoms with Gasteiger partial charge in [0, 0.05) is 23.0 Å². The number of benzene rings is 1. The number of rotatable bonds is 2. The molecule has 0 aliphatic carbocycles. The predicted molar refractivity (Wildman–Crippen MR) is 90.5 cm³/mol. The van der Waals surface area contributed by atoms with E-state index in [2.05, 4.69) is 20.3 Å². The molecular weight excluding hydrogens is 306 g/mol. The van der Waals surface area contributed by atoms with Crippen molar-refractivity contribution < 1.29 is 9.53 Å². The van der Waals surface area contributed by atoms with E-state index in [0.29, 0.717) is 23.1 Å². The van der Waals surface area contributed by atoms with Crippen molar-refractivity contribution in [3.8, 4) is 28.3 Å². The Morgan fingerprint density at radius 3 is 2.92 bits per heavy atom. The van der Waals surface area contributed by atoms with E-state index in [1.165, 1.54) is 0 Å². The Kier molecular flexibility index (Phi) is 3.19. The summed E-state index contributed by atoms with van der Waals surface area (Å²) in [7, 11) is 0. The number of imidazole rings is 1. The average molecular weight is 321 g/mol. The van der Waals surface area contributed by atoms with Crippen LogP contribution < -0.4 is 15.8 Å². The number of pyridine rings is 1. The van der Waals surface area contributed by atoms with Crippen LogP contribution in [0.5, 0.6) is 5.75 Å². The minimum absolute atomic E-state index is 0.0310. The molecule has 0 spiro atoms. The number of hydrogen-bond acceptors (Lipinski definition) is 5. The van der Waals surface area contributed by atoms with E-state index in [0.717, 1.165) is 22.5 Å². The molecule has 2 aromatic heterocycles. The van der Waals surface area contributed by atoms with Gasteiger partial charge in [0.1, 0.15) is 5.75 Å². The second-order valence-electron chi connectivity index (χ2n) is 5.58. The van der Waals surface area contributed by atoms with Crippen LogP contribution in [0, 0.1) is 6.92 Å². The van der Waals surface area contributed by atoms with E-state index in [4.69, 9.17) is 10.5 Å². The number of aryl methyl sites for hydroxylation is 1. The van der Waals surface area contributed by atoms with Crippen LogP contribution in [0.15, 0.2) is 36.5 Å². The highest BCUT2D eigenvalue weighted by Gasteiger charge is 2.19. The topological polar surface area (TPSA) is 106 Å². The van der Waals surface area contributed by atoms with Gasteiger partial charge in [-0.2, -0.15) is 0 Å². The van der Waals surface area contributed by atoms with Gasteiger partial charge in [0.25, 0.3) is 5.91 Å². The van der Waals surface area contributed by atoms with Gasteiger partial charge in [-0.1, -0.05) is 0 Å². The standard InChI is InChI=1S/C17H15N5O2/c1-9-6-11(4-5-19-9)16-15(21-17(18)22-16)10-2-3-13-12(7-10)20-14(23)8-24-13/h2-7H,8H2,1H3,(H,20,23)(H3,18,21,22). The van der Waals surface area contributed by atoms with Gasteiger partial charge in [-0.15, -0.1) is 0 Å². The molecule has 120 valence electrons. The van der Waals surface area contributed by atoms with Gasteiger partial charge in [-0.25, -0.2) is 4.98 Å². The largest absolute Gasteiger partial charge is 0.482 e. The first-order valence-electron chi connectivity index (χ1n) is 7.46. The van der Waals surface area contributed by atoms with Crippen LogP contribution >= 0.6 is 0 Å². The molecule has 3 heterocycles. The van der Waals surface area contributed by atoms with Crippen LogP contribution in [0.2, 0.25) is 0 Å². The first-order valence-corrected chi connectivity index (χ1v) is 7.46. The van der Waals surface area contributed by atoms with Gasteiger partial charge in [0.2, 0.25) is 0 Å². The number of nitrogens with two attached hydrogens (primary N) is 1. The summed E-state index contributed by atoms with van der Waals surface area (Å²) in [6, 6.07) is 9.39. The number of carbonyl (C=O) groups excluding carboxylic acids is 1. The Bertz CT molecular complexity index is 948. The number of aromatic nitrogens is 3. The van der Waals surface area contributed by atoms with Crippen molar-refractivity contribution in [1.29, 1.82) is 0 Å². The van der Waals surface area contributed by atoms with Gasteiger partial charge in [-0.05, 0) is 37.3 Å². The first-order chi connectivity index (χ1) is 11.6. The Balaban J connectivity index is 1.83. The highest BCUT2D eigenvalue weighted by Crippen LogP contribution is 2.36. The summed E-state index contributed by atoms with van der Waals surface area (Å²) in [5, 5.41) is 2.80. The smallest absolute Gasteiger partial charge is 0.262 e. The Labute approximate surface area is 137 Å². The summed E-state index contributed by atoms with van der Waals surface area (Å²) in [5.74, 6) is 0.793. The molecule has 0 saturated carbocycles. The lowest BCUT2D eigenvalue weighted by atomic mass is 10.0. The summed E-state index contributed by atoms with van der Waals surface area (Å²) < 4.78 is 5.39. The molecule has 1 aliphatic rings. The SMILES string of the molecule is Cc1cc(-c2[nH]c(N)nc2-c2ccc3c(c2)NC(=O)CO3)ccn1. The zero-order chi connectivity index (χ0) is 16.7. The molecule has 7 nitrogen and oxygen atoms in total. The molecule has 3 aromatic rings. The minimum atomic E-state index is -0.175. The zero-order valence-electron chi connectivity index (χ0n) is 13.0. The van der Waals surface area contributed by atoms with Crippen molar-refractivity contribution in [3.63, 3.8) is 0 Å². The lowest BCUT2D eigenvalue weighted by Gasteiger charge is -2.18. The third-order valence-electron chi connectivity index (χ3n) is 3.79. The Hall–Kier alpha value is -3.35. The molecule has 4 N–H and O–H groups in total. The summed E-state index contributed by atoms with van der Waals surface area (Å²) in [4.78, 5) is 23.2. The number of ether oxygens (including phenoxy) is 1. The molecule has 0 atom stereocenters. The molecule has 7 heteroatoms. The van der Waals surface area contributed by atoms with Crippen LogP contribution in [0.3, 0.4) is 0 Å². The van der Waals surface area contributed by atoms with Crippen molar-refractivity contribution in [1.82, 2.24) is 15.0 Å². The molecule has 1 aliphatic heterocycles. The van der Waals surface area contributed by atoms with Crippen molar-refractivity contribution in [2.45, 2.75) is 6.92 Å². The van der Waals surface area contributed by atoms with E-state index in [1.807, 2.05) is 37.3 Å². The highest BCUT2D eigenvalue weighted by atomic mass is 16.5. The van der Waals surface area contributed by atoms with Crippen LogP contribution in [-0.2, 0) is 4.79 Å². The van der Waals surface area contributed by atoms with E-state index in [1.54, 1.807) is 6.20 Å². The van der Waals surface area contributed by atoms with Crippen molar-refractivity contribution in [3.05, 3.63) is 42.2 Å². The fourth-order valence-electron chi connectivity index (χ4n) is 2.74. The molecule has 1 aromatic carbocycles. The second kappa shape index (κ2) is 5.38. The van der Waals surface area contributed by atoms with Crippen LogP contribution in [0.4, 0.5) is 11.6 Å². The fourth-order valence-corrected chi connectivity index (χ4v) is 2.74.